The molecule has 1 aliphatic heterocycles. The molecule has 2 unspecified atom stereocenters. The van der Waals surface area contributed by atoms with Gasteiger partial charge < -0.3 is 20.4 Å². The van der Waals surface area contributed by atoms with Crippen LogP contribution in [0.4, 0.5) is 11.4 Å². The minimum absolute atomic E-state index is 0.102. The van der Waals surface area contributed by atoms with Crippen molar-refractivity contribution >= 4 is 34.5 Å². The van der Waals surface area contributed by atoms with Crippen molar-refractivity contribution in [2.24, 2.45) is 0 Å². The standard InChI is InChI=1S/C29H35N5O2S/c1-32(2)11-12-33-13-15-34(16-14-33)27-9-8-22(18-26(27)31-29(36)23-10-17-37-20-23)28(35)30-25-19-24(25)21-6-4-3-5-7-21/h3-10,17-18,20,24-25H,11-16,19H2,1-2H3,(H,30,35)(H,31,36). The maximum Gasteiger partial charge on any atom is 0.256 e. The first-order valence-corrected chi connectivity index (χ1v) is 13.9. The molecule has 3 aromatic rings. The Balaban J connectivity index is 1.29. The number of piperazine rings is 1. The fourth-order valence-electron chi connectivity index (χ4n) is 4.87. The molecule has 1 aliphatic carbocycles. The molecule has 2 amide bonds. The maximum atomic E-state index is 13.1. The second-order valence-corrected chi connectivity index (χ2v) is 10.9. The van der Waals surface area contributed by atoms with Gasteiger partial charge in [-0.1, -0.05) is 30.3 Å². The number of likely N-dealkylation sites (N-methyl/N-ethyl adjacent to an activating group) is 1. The van der Waals surface area contributed by atoms with Crippen LogP contribution in [0, 0.1) is 0 Å². The van der Waals surface area contributed by atoms with Crippen molar-refractivity contribution in [3.8, 4) is 0 Å². The summed E-state index contributed by atoms with van der Waals surface area (Å²) in [5.74, 6) is 0.108. The zero-order valence-electron chi connectivity index (χ0n) is 21.5. The highest BCUT2D eigenvalue weighted by Crippen LogP contribution is 2.41. The SMILES string of the molecule is CN(C)CCN1CCN(c2ccc(C(=O)NC3CC3c3ccccc3)cc2NC(=O)c2ccsc2)CC1. The van der Waals surface area contributed by atoms with Gasteiger partial charge in [-0.3, -0.25) is 14.5 Å². The molecule has 0 radical (unpaired) electrons. The van der Waals surface area contributed by atoms with E-state index in [-0.39, 0.29) is 17.9 Å². The van der Waals surface area contributed by atoms with E-state index in [1.54, 1.807) is 0 Å². The molecule has 1 saturated heterocycles. The number of carbonyl (C=O) groups excluding carboxylic acids is 2. The lowest BCUT2D eigenvalue weighted by Crippen LogP contribution is -2.48. The van der Waals surface area contributed by atoms with Crippen molar-refractivity contribution in [2.75, 3.05) is 63.6 Å². The molecule has 2 aliphatic rings. The van der Waals surface area contributed by atoms with Gasteiger partial charge in [0.2, 0.25) is 0 Å². The lowest BCUT2D eigenvalue weighted by molar-refractivity contribution is 0.0949. The van der Waals surface area contributed by atoms with Crippen molar-refractivity contribution in [2.45, 2.75) is 18.4 Å². The van der Waals surface area contributed by atoms with E-state index in [0.29, 0.717) is 22.7 Å². The number of hydrogen-bond acceptors (Lipinski definition) is 6. The van der Waals surface area contributed by atoms with E-state index in [9.17, 15) is 9.59 Å². The number of benzene rings is 2. The summed E-state index contributed by atoms with van der Waals surface area (Å²) in [5, 5.41) is 10.0. The Morgan fingerprint density at radius 2 is 1.76 bits per heavy atom. The lowest BCUT2D eigenvalue weighted by atomic mass is 10.1. The Morgan fingerprint density at radius 1 is 0.973 bits per heavy atom. The van der Waals surface area contributed by atoms with Gasteiger partial charge in [-0.25, -0.2) is 0 Å². The molecule has 2 heterocycles. The number of nitrogens with zero attached hydrogens (tertiary/aromatic N) is 3. The molecule has 5 rings (SSSR count). The Morgan fingerprint density at radius 3 is 2.46 bits per heavy atom. The van der Waals surface area contributed by atoms with Gasteiger partial charge in [-0.15, -0.1) is 0 Å². The number of carbonyl (C=O) groups is 2. The van der Waals surface area contributed by atoms with E-state index in [4.69, 9.17) is 0 Å². The summed E-state index contributed by atoms with van der Waals surface area (Å²) < 4.78 is 0. The van der Waals surface area contributed by atoms with Crippen LogP contribution in [0.25, 0.3) is 0 Å². The number of nitrogens with one attached hydrogen (secondary N) is 2. The van der Waals surface area contributed by atoms with E-state index in [2.05, 4.69) is 51.6 Å². The van der Waals surface area contributed by atoms with Crippen molar-refractivity contribution in [3.63, 3.8) is 0 Å². The van der Waals surface area contributed by atoms with Gasteiger partial charge in [0, 0.05) is 62.2 Å². The molecule has 1 saturated carbocycles. The summed E-state index contributed by atoms with van der Waals surface area (Å²) in [7, 11) is 4.20. The molecule has 2 aromatic carbocycles. The van der Waals surface area contributed by atoms with Crippen LogP contribution in [0.15, 0.2) is 65.4 Å². The summed E-state index contributed by atoms with van der Waals surface area (Å²) in [4.78, 5) is 33.1. The molecular weight excluding hydrogens is 482 g/mol. The van der Waals surface area contributed by atoms with Gasteiger partial charge in [0.15, 0.2) is 0 Å². The molecule has 8 heteroatoms. The summed E-state index contributed by atoms with van der Waals surface area (Å²) >= 11 is 1.49. The normalized spacial score (nSPS) is 19.6. The van der Waals surface area contributed by atoms with Crippen LogP contribution in [0.1, 0.15) is 38.6 Å². The molecule has 7 nitrogen and oxygen atoms in total. The second kappa shape index (κ2) is 11.5. The number of hydrogen-bond donors (Lipinski definition) is 2. The number of anilines is 2. The van der Waals surface area contributed by atoms with E-state index in [1.807, 2.05) is 53.2 Å². The topological polar surface area (TPSA) is 67.9 Å². The van der Waals surface area contributed by atoms with E-state index in [0.717, 1.165) is 51.4 Å². The van der Waals surface area contributed by atoms with Crippen LogP contribution in [0.3, 0.4) is 0 Å². The molecule has 2 N–H and O–H groups in total. The van der Waals surface area contributed by atoms with E-state index in [1.165, 1.54) is 16.9 Å². The van der Waals surface area contributed by atoms with Gasteiger partial charge >= 0.3 is 0 Å². The third kappa shape index (κ3) is 6.39. The molecule has 194 valence electrons. The highest BCUT2D eigenvalue weighted by atomic mass is 32.1. The van der Waals surface area contributed by atoms with E-state index < -0.39 is 0 Å². The largest absolute Gasteiger partial charge is 0.367 e. The quantitative estimate of drug-likeness (QED) is 0.450. The van der Waals surface area contributed by atoms with Gasteiger partial charge in [0.05, 0.1) is 16.9 Å². The molecule has 2 atom stereocenters. The highest BCUT2D eigenvalue weighted by Gasteiger charge is 2.39. The average Bonchev–Trinajstić information content (AvgIpc) is 3.45. The van der Waals surface area contributed by atoms with Crippen molar-refractivity contribution in [1.82, 2.24) is 15.1 Å². The minimum atomic E-state index is -0.156. The summed E-state index contributed by atoms with van der Waals surface area (Å²) in [6.45, 7) is 5.78. The van der Waals surface area contributed by atoms with Gasteiger partial charge in [-0.2, -0.15) is 11.3 Å². The minimum Gasteiger partial charge on any atom is -0.367 e. The molecule has 2 fully saturated rings. The summed E-state index contributed by atoms with van der Waals surface area (Å²) in [6.07, 6.45) is 0.952. The Kier molecular flexibility index (Phi) is 7.88. The smallest absolute Gasteiger partial charge is 0.256 e. The van der Waals surface area contributed by atoms with Crippen LogP contribution < -0.4 is 15.5 Å². The van der Waals surface area contributed by atoms with Crippen LogP contribution in [0.2, 0.25) is 0 Å². The third-order valence-corrected chi connectivity index (χ3v) is 7.88. The molecule has 0 spiro atoms. The first-order chi connectivity index (χ1) is 18.0. The van der Waals surface area contributed by atoms with Crippen molar-refractivity contribution < 1.29 is 9.59 Å². The van der Waals surface area contributed by atoms with Gasteiger partial charge in [-0.05, 0) is 55.7 Å². The summed E-state index contributed by atoms with van der Waals surface area (Å²) in [6, 6.07) is 18.0. The highest BCUT2D eigenvalue weighted by molar-refractivity contribution is 7.08. The first-order valence-electron chi connectivity index (χ1n) is 12.9. The van der Waals surface area contributed by atoms with Crippen LogP contribution in [-0.2, 0) is 0 Å². The Labute approximate surface area is 223 Å². The second-order valence-electron chi connectivity index (χ2n) is 10.2. The number of thiophene rings is 1. The Hall–Kier alpha value is -3.20. The Bertz CT molecular complexity index is 1210. The molecule has 1 aromatic heterocycles. The zero-order chi connectivity index (χ0) is 25.8. The lowest BCUT2D eigenvalue weighted by Gasteiger charge is -2.37. The van der Waals surface area contributed by atoms with Crippen LogP contribution >= 0.6 is 11.3 Å². The fraction of sp³-hybridized carbons (Fsp3) is 0.379. The number of rotatable bonds is 9. The van der Waals surface area contributed by atoms with Crippen molar-refractivity contribution in [3.05, 3.63) is 82.0 Å². The van der Waals surface area contributed by atoms with Crippen LogP contribution in [-0.4, -0.2) is 81.0 Å². The monoisotopic (exact) mass is 517 g/mol. The van der Waals surface area contributed by atoms with Gasteiger partial charge in [0.25, 0.3) is 11.8 Å². The predicted molar refractivity (Wildman–Crippen MR) is 151 cm³/mol. The number of amides is 2. The zero-order valence-corrected chi connectivity index (χ0v) is 22.3. The predicted octanol–water partition coefficient (Wildman–Crippen LogP) is 3.97. The first kappa shape index (κ1) is 25.4. The fourth-order valence-corrected chi connectivity index (χ4v) is 5.51. The van der Waals surface area contributed by atoms with E-state index >= 15 is 0 Å². The summed E-state index contributed by atoms with van der Waals surface area (Å²) in [5.41, 5.74) is 4.09. The van der Waals surface area contributed by atoms with Crippen LogP contribution in [0.5, 0.6) is 0 Å². The molecule has 37 heavy (non-hydrogen) atoms. The third-order valence-electron chi connectivity index (χ3n) is 7.20. The maximum absolute atomic E-state index is 13.1. The van der Waals surface area contributed by atoms with Crippen molar-refractivity contribution in [1.29, 1.82) is 0 Å². The molecule has 0 bridgehead atoms. The molecular formula is C29H35N5O2S. The average molecular weight is 518 g/mol. The van der Waals surface area contributed by atoms with Gasteiger partial charge in [0.1, 0.15) is 0 Å².